The summed E-state index contributed by atoms with van der Waals surface area (Å²) in [5.41, 5.74) is 6.38. The largest absolute Gasteiger partial charge is 0.462 e. The fourth-order valence-electron chi connectivity index (χ4n) is 1.20. The van der Waals surface area contributed by atoms with Gasteiger partial charge in [0.05, 0.1) is 12.3 Å². The normalized spacial score (nSPS) is 10.6. The molecule has 0 spiro atoms. The van der Waals surface area contributed by atoms with Crippen molar-refractivity contribution < 1.29 is 9.53 Å². The Morgan fingerprint density at radius 3 is 3.00 bits per heavy atom. The van der Waals surface area contributed by atoms with Crippen LogP contribution in [0.15, 0.2) is 10.8 Å². The van der Waals surface area contributed by atoms with Crippen LogP contribution in [-0.2, 0) is 4.74 Å². The molecule has 2 heterocycles. The lowest BCUT2D eigenvalue weighted by Gasteiger charge is -1.98. The third kappa shape index (κ3) is 1.38. The Morgan fingerprint density at radius 1 is 1.57 bits per heavy atom. The smallest absolute Gasteiger partial charge is 0.350 e. The quantitative estimate of drug-likeness (QED) is 0.802. The van der Waals surface area contributed by atoms with Gasteiger partial charge in [-0.2, -0.15) is 11.3 Å². The molecule has 2 rings (SSSR count). The van der Waals surface area contributed by atoms with Gasteiger partial charge in [-0.1, -0.05) is 0 Å². The molecule has 14 heavy (non-hydrogen) atoms. The van der Waals surface area contributed by atoms with Gasteiger partial charge in [0.2, 0.25) is 0 Å². The predicted molar refractivity (Wildman–Crippen MR) is 60.1 cm³/mol. The number of thiophene rings is 2. The van der Waals surface area contributed by atoms with E-state index in [9.17, 15) is 4.79 Å². The van der Waals surface area contributed by atoms with Crippen LogP contribution in [0.25, 0.3) is 10.1 Å². The number of hydrogen-bond acceptors (Lipinski definition) is 5. The van der Waals surface area contributed by atoms with Crippen LogP contribution in [0.1, 0.15) is 16.6 Å². The standard InChI is InChI=1S/C9H9NO2S2/c1-2-12-9(11)8-7(10)5-3-13-4-6(5)14-8/h3-4H,2,10H2,1H3. The third-order valence-electron chi connectivity index (χ3n) is 1.83. The van der Waals surface area contributed by atoms with Gasteiger partial charge in [0, 0.05) is 20.8 Å². The molecule has 0 fully saturated rings. The van der Waals surface area contributed by atoms with E-state index in [0.717, 1.165) is 10.1 Å². The Bertz CT molecular complexity index is 472. The van der Waals surface area contributed by atoms with Crippen molar-refractivity contribution in [3.63, 3.8) is 0 Å². The van der Waals surface area contributed by atoms with E-state index < -0.39 is 0 Å². The molecule has 0 aliphatic carbocycles. The molecular formula is C9H9NO2S2. The van der Waals surface area contributed by atoms with Gasteiger partial charge >= 0.3 is 5.97 Å². The van der Waals surface area contributed by atoms with Crippen LogP contribution in [0.4, 0.5) is 5.69 Å². The van der Waals surface area contributed by atoms with Crippen molar-refractivity contribution in [2.75, 3.05) is 12.3 Å². The fourth-order valence-corrected chi connectivity index (χ4v) is 3.20. The van der Waals surface area contributed by atoms with Crippen molar-refractivity contribution in [2.24, 2.45) is 0 Å². The number of rotatable bonds is 2. The van der Waals surface area contributed by atoms with Crippen molar-refractivity contribution in [1.82, 2.24) is 0 Å². The molecule has 0 saturated heterocycles. The average molecular weight is 227 g/mol. The lowest BCUT2D eigenvalue weighted by atomic mass is 10.3. The topological polar surface area (TPSA) is 52.3 Å². The molecule has 0 amide bonds. The van der Waals surface area contributed by atoms with Gasteiger partial charge < -0.3 is 10.5 Å². The van der Waals surface area contributed by atoms with E-state index in [1.165, 1.54) is 11.3 Å². The number of esters is 1. The first kappa shape index (κ1) is 9.48. The minimum Gasteiger partial charge on any atom is -0.462 e. The van der Waals surface area contributed by atoms with Gasteiger partial charge in [0.1, 0.15) is 4.88 Å². The van der Waals surface area contributed by atoms with Crippen molar-refractivity contribution in [1.29, 1.82) is 0 Å². The highest BCUT2D eigenvalue weighted by molar-refractivity contribution is 7.24. The van der Waals surface area contributed by atoms with Gasteiger partial charge in [0.15, 0.2) is 0 Å². The van der Waals surface area contributed by atoms with Crippen molar-refractivity contribution >= 4 is 44.4 Å². The Kier molecular flexibility index (Phi) is 2.43. The maximum Gasteiger partial charge on any atom is 0.350 e. The number of carbonyl (C=O) groups excluding carboxylic acids is 1. The second-order valence-corrected chi connectivity index (χ2v) is 4.51. The summed E-state index contributed by atoms with van der Waals surface area (Å²) >= 11 is 2.98. The fraction of sp³-hybridized carbons (Fsp3) is 0.222. The third-order valence-corrected chi connectivity index (χ3v) is 3.88. The van der Waals surface area contributed by atoms with E-state index in [1.807, 2.05) is 10.8 Å². The molecule has 0 aromatic carbocycles. The second kappa shape index (κ2) is 3.59. The zero-order chi connectivity index (χ0) is 10.1. The van der Waals surface area contributed by atoms with E-state index in [4.69, 9.17) is 10.5 Å². The molecule has 0 aliphatic rings. The first-order valence-corrected chi connectivity index (χ1v) is 5.91. The molecule has 2 aromatic rings. The van der Waals surface area contributed by atoms with Crippen LogP contribution in [0, 0.1) is 0 Å². The van der Waals surface area contributed by atoms with Crippen LogP contribution in [0.5, 0.6) is 0 Å². The van der Waals surface area contributed by atoms with Crippen LogP contribution < -0.4 is 5.73 Å². The van der Waals surface area contributed by atoms with Crippen LogP contribution in [-0.4, -0.2) is 12.6 Å². The van der Waals surface area contributed by atoms with Gasteiger partial charge in [-0.3, -0.25) is 0 Å². The molecule has 2 aromatic heterocycles. The van der Waals surface area contributed by atoms with Crippen molar-refractivity contribution in [2.45, 2.75) is 6.92 Å². The highest BCUT2D eigenvalue weighted by Gasteiger charge is 2.17. The summed E-state index contributed by atoms with van der Waals surface area (Å²) in [6.07, 6.45) is 0. The summed E-state index contributed by atoms with van der Waals surface area (Å²) < 4.78 is 5.95. The van der Waals surface area contributed by atoms with Gasteiger partial charge in [-0.25, -0.2) is 4.79 Å². The summed E-state index contributed by atoms with van der Waals surface area (Å²) in [5, 5.41) is 4.89. The lowest BCUT2D eigenvalue weighted by Crippen LogP contribution is -2.04. The SMILES string of the molecule is CCOC(=O)c1sc2cscc2c1N. The number of nitrogens with two attached hydrogens (primary N) is 1. The Balaban J connectivity index is 2.47. The minimum atomic E-state index is -0.323. The Morgan fingerprint density at radius 2 is 2.36 bits per heavy atom. The Hall–Kier alpha value is -1.07. The minimum absolute atomic E-state index is 0.323. The highest BCUT2D eigenvalue weighted by atomic mass is 32.1. The predicted octanol–water partition coefficient (Wildman–Crippen LogP) is 2.72. The summed E-state index contributed by atoms with van der Waals surface area (Å²) in [4.78, 5) is 12.0. The molecule has 0 atom stereocenters. The molecule has 0 unspecified atom stereocenters. The maximum atomic E-state index is 11.4. The zero-order valence-electron chi connectivity index (χ0n) is 7.57. The first-order chi connectivity index (χ1) is 6.74. The monoisotopic (exact) mass is 227 g/mol. The number of ether oxygens (including phenoxy) is 1. The molecule has 74 valence electrons. The van der Waals surface area contributed by atoms with Crippen LogP contribution in [0.3, 0.4) is 0 Å². The van der Waals surface area contributed by atoms with E-state index >= 15 is 0 Å². The number of hydrogen-bond donors (Lipinski definition) is 1. The molecule has 5 heteroatoms. The van der Waals surface area contributed by atoms with E-state index in [0.29, 0.717) is 17.2 Å². The Labute approximate surface area is 89.1 Å². The molecule has 0 bridgehead atoms. The summed E-state index contributed by atoms with van der Waals surface area (Å²) in [5.74, 6) is -0.323. The molecule has 0 radical (unpaired) electrons. The summed E-state index contributed by atoms with van der Waals surface area (Å²) in [6, 6.07) is 0. The van der Waals surface area contributed by atoms with Crippen molar-refractivity contribution in [3.8, 4) is 0 Å². The lowest BCUT2D eigenvalue weighted by molar-refractivity contribution is 0.0533. The molecular weight excluding hydrogens is 218 g/mol. The molecule has 0 aliphatic heterocycles. The van der Waals surface area contributed by atoms with Crippen molar-refractivity contribution in [3.05, 3.63) is 15.6 Å². The van der Waals surface area contributed by atoms with E-state index in [-0.39, 0.29) is 5.97 Å². The summed E-state index contributed by atoms with van der Waals surface area (Å²) in [7, 11) is 0. The number of fused-ring (bicyclic) bond motifs is 1. The second-order valence-electron chi connectivity index (χ2n) is 2.72. The number of carbonyl (C=O) groups is 1. The van der Waals surface area contributed by atoms with Gasteiger partial charge in [0.25, 0.3) is 0 Å². The van der Waals surface area contributed by atoms with Crippen LogP contribution >= 0.6 is 22.7 Å². The molecule has 2 N–H and O–H groups in total. The number of nitrogen functional groups attached to an aromatic ring is 1. The molecule has 3 nitrogen and oxygen atoms in total. The zero-order valence-corrected chi connectivity index (χ0v) is 9.21. The van der Waals surface area contributed by atoms with E-state index in [1.54, 1.807) is 18.3 Å². The molecule has 0 saturated carbocycles. The highest BCUT2D eigenvalue weighted by Crippen LogP contribution is 2.36. The van der Waals surface area contributed by atoms with Gasteiger partial charge in [-0.05, 0) is 6.92 Å². The maximum absolute atomic E-state index is 11.4. The summed E-state index contributed by atoms with van der Waals surface area (Å²) in [6.45, 7) is 2.16. The van der Waals surface area contributed by atoms with Gasteiger partial charge in [-0.15, -0.1) is 11.3 Å². The first-order valence-electron chi connectivity index (χ1n) is 4.15. The average Bonchev–Trinajstić information content (AvgIpc) is 2.69. The van der Waals surface area contributed by atoms with Crippen LogP contribution in [0.2, 0.25) is 0 Å². The van der Waals surface area contributed by atoms with E-state index in [2.05, 4.69) is 0 Å². The number of anilines is 1.